The smallest absolute Gasteiger partial charge is 0.337 e. The fourth-order valence-corrected chi connectivity index (χ4v) is 1.61. The molecule has 0 aromatic heterocycles. The zero-order valence-corrected chi connectivity index (χ0v) is 9.74. The van der Waals surface area contributed by atoms with Gasteiger partial charge in [-0.3, -0.25) is 10.1 Å². The van der Waals surface area contributed by atoms with E-state index in [0.717, 1.165) is 0 Å². The number of carboxylic acids is 1. The van der Waals surface area contributed by atoms with Crippen LogP contribution in [0.3, 0.4) is 0 Å². The van der Waals surface area contributed by atoms with E-state index < -0.39 is 10.9 Å². The molecule has 6 heteroatoms. The molecule has 0 atom stereocenters. The lowest BCUT2D eigenvalue weighted by atomic mass is 10.1. The van der Waals surface area contributed by atoms with Gasteiger partial charge in [0.25, 0.3) is 5.69 Å². The summed E-state index contributed by atoms with van der Waals surface area (Å²) in [6.07, 6.45) is 0. The lowest BCUT2D eigenvalue weighted by Gasteiger charge is -2.09. The fraction of sp³-hybridized carbons (Fsp3) is 0. The van der Waals surface area contributed by atoms with Crippen molar-refractivity contribution >= 4 is 23.0 Å². The van der Waals surface area contributed by atoms with Crippen LogP contribution < -0.4 is 5.32 Å². The third kappa shape index (κ3) is 2.86. The van der Waals surface area contributed by atoms with Crippen LogP contribution in [-0.4, -0.2) is 16.0 Å². The Bertz CT molecular complexity index is 626. The van der Waals surface area contributed by atoms with Crippen molar-refractivity contribution in [2.24, 2.45) is 0 Å². The van der Waals surface area contributed by atoms with Crippen LogP contribution in [0.25, 0.3) is 0 Å². The Morgan fingerprint density at radius 2 is 1.84 bits per heavy atom. The van der Waals surface area contributed by atoms with Gasteiger partial charge in [-0.25, -0.2) is 4.79 Å². The van der Waals surface area contributed by atoms with Crippen LogP contribution >= 0.6 is 0 Å². The van der Waals surface area contributed by atoms with Crippen molar-refractivity contribution in [2.75, 3.05) is 5.32 Å². The maximum absolute atomic E-state index is 11.1. The van der Waals surface area contributed by atoms with E-state index in [-0.39, 0.29) is 16.9 Å². The number of para-hydroxylation sites is 1. The summed E-state index contributed by atoms with van der Waals surface area (Å²) in [5, 5.41) is 22.6. The zero-order valence-electron chi connectivity index (χ0n) is 9.74. The van der Waals surface area contributed by atoms with Crippen molar-refractivity contribution < 1.29 is 14.8 Å². The van der Waals surface area contributed by atoms with Gasteiger partial charge in [0.1, 0.15) is 0 Å². The van der Waals surface area contributed by atoms with Gasteiger partial charge in [-0.05, 0) is 18.2 Å². The number of anilines is 2. The lowest BCUT2D eigenvalue weighted by molar-refractivity contribution is -0.384. The monoisotopic (exact) mass is 258 g/mol. The van der Waals surface area contributed by atoms with Crippen LogP contribution in [0.1, 0.15) is 10.4 Å². The van der Waals surface area contributed by atoms with E-state index in [1.807, 2.05) is 6.07 Å². The predicted molar refractivity (Wildman–Crippen MR) is 69.8 cm³/mol. The first-order chi connectivity index (χ1) is 9.08. The van der Waals surface area contributed by atoms with Crippen molar-refractivity contribution in [3.63, 3.8) is 0 Å². The molecule has 96 valence electrons. The highest BCUT2D eigenvalue weighted by molar-refractivity contribution is 5.95. The summed E-state index contributed by atoms with van der Waals surface area (Å²) in [7, 11) is 0. The van der Waals surface area contributed by atoms with E-state index in [9.17, 15) is 14.9 Å². The van der Waals surface area contributed by atoms with E-state index in [1.54, 1.807) is 24.3 Å². The van der Waals surface area contributed by atoms with Gasteiger partial charge >= 0.3 is 5.97 Å². The summed E-state index contributed by atoms with van der Waals surface area (Å²) >= 11 is 0. The molecule has 19 heavy (non-hydrogen) atoms. The summed E-state index contributed by atoms with van der Waals surface area (Å²) in [5.74, 6) is -1.15. The van der Waals surface area contributed by atoms with Crippen LogP contribution in [0, 0.1) is 10.1 Å². The molecule has 0 aliphatic carbocycles. The van der Waals surface area contributed by atoms with Gasteiger partial charge in [0.15, 0.2) is 0 Å². The molecule has 0 amide bonds. The number of hydrogen-bond donors (Lipinski definition) is 2. The van der Waals surface area contributed by atoms with Crippen LogP contribution in [-0.2, 0) is 0 Å². The number of nitro benzene ring substituents is 1. The van der Waals surface area contributed by atoms with Crippen molar-refractivity contribution in [3.8, 4) is 0 Å². The molecule has 0 aliphatic heterocycles. The molecule has 6 nitrogen and oxygen atoms in total. The molecule has 2 N–H and O–H groups in total. The molecule has 0 radical (unpaired) electrons. The minimum absolute atomic E-state index is 0.0190. The number of nitro groups is 1. The second-order valence-corrected chi connectivity index (χ2v) is 3.78. The molecule has 0 aliphatic rings. The molecule has 0 spiro atoms. The molecule has 2 rings (SSSR count). The summed E-state index contributed by atoms with van der Waals surface area (Å²) in [6.45, 7) is 0. The van der Waals surface area contributed by atoms with Crippen molar-refractivity contribution in [1.29, 1.82) is 0 Å². The number of rotatable bonds is 4. The molecular weight excluding hydrogens is 248 g/mol. The van der Waals surface area contributed by atoms with E-state index >= 15 is 0 Å². The second kappa shape index (κ2) is 5.18. The van der Waals surface area contributed by atoms with Gasteiger partial charge in [-0.2, -0.15) is 0 Å². The third-order valence-electron chi connectivity index (χ3n) is 2.50. The van der Waals surface area contributed by atoms with E-state index in [4.69, 9.17) is 5.11 Å². The number of nitrogens with zero attached hydrogens (tertiary/aromatic N) is 1. The highest BCUT2D eigenvalue weighted by Gasteiger charge is 2.15. The van der Waals surface area contributed by atoms with Gasteiger partial charge in [0.05, 0.1) is 16.2 Å². The molecule has 2 aromatic carbocycles. The third-order valence-corrected chi connectivity index (χ3v) is 2.50. The van der Waals surface area contributed by atoms with Gasteiger partial charge in [-0.15, -0.1) is 0 Å². The van der Waals surface area contributed by atoms with E-state index in [1.165, 1.54) is 18.2 Å². The highest BCUT2D eigenvalue weighted by Crippen LogP contribution is 2.25. The minimum atomic E-state index is -1.15. The SMILES string of the molecule is O=C(O)c1ccc([N+](=O)[O-])cc1Nc1ccccc1. The number of carbonyl (C=O) groups is 1. The second-order valence-electron chi connectivity index (χ2n) is 3.78. The van der Waals surface area contributed by atoms with Crippen molar-refractivity contribution in [1.82, 2.24) is 0 Å². The Balaban J connectivity index is 2.43. The molecule has 0 heterocycles. The van der Waals surface area contributed by atoms with Gasteiger partial charge in [0.2, 0.25) is 0 Å². The summed E-state index contributed by atoms with van der Waals surface area (Å²) < 4.78 is 0. The summed E-state index contributed by atoms with van der Waals surface area (Å²) in [6, 6.07) is 12.4. The van der Waals surface area contributed by atoms with Gasteiger partial charge < -0.3 is 10.4 Å². The summed E-state index contributed by atoms with van der Waals surface area (Å²) in [4.78, 5) is 21.2. The fourth-order valence-electron chi connectivity index (χ4n) is 1.61. The number of nitrogens with one attached hydrogen (secondary N) is 1. The van der Waals surface area contributed by atoms with Crippen LogP contribution in [0.15, 0.2) is 48.5 Å². The van der Waals surface area contributed by atoms with Crippen molar-refractivity contribution in [2.45, 2.75) is 0 Å². The number of aromatic carboxylic acids is 1. The summed E-state index contributed by atoms with van der Waals surface area (Å²) in [5.41, 5.74) is 0.663. The van der Waals surface area contributed by atoms with Crippen LogP contribution in [0.4, 0.5) is 17.1 Å². The lowest BCUT2D eigenvalue weighted by Crippen LogP contribution is -2.03. The highest BCUT2D eigenvalue weighted by atomic mass is 16.6. The Kier molecular flexibility index (Phi) is 3.42. The number of hydrogen-bond acceptors (Lipinski definition) is 4. The topological polar surface area (TPSA) is 92.5 Å². The Morgan fingerprint density at radius 1 is 1.16 bits per heavy atom. The molecule has 0 fully saturated rings. The predicted octanol–water partition coefficient (Wildman–Crippen LogP) is 3.04. The molecular formula is C13H10N2O4. The average Bonchev–Trinajstić information content (AvgIpc) is 2.39. The maximum Gasteiger partial charge on any atom is 0.337 e. The minimum Gasteiger partial charge on any atom is -0.478 e. The van der Waals surface area contributed by atoms with E-state index in [0.29, 0.717) is 5.69 Å². The van der Waals surface area contributed by atoms with Crippen LogP contribution in [0.2, 0.25) is 0 Å². The van der Waals surface area contributed by atoms with Gasteiger partial charge in [0, 0.05) is 17.8 Å². The molecule has 0 unspecified atom stereocenters. The Hall–Kier alpha value is -2.89. The quantitative estimate of drug-likeness (QED) is 0.649. The molecule has 0 saturated heterocycles. The first-order valence-corrected chi connectivity index (χ1v) is 5.42. The number of benzene rings is 2. The first-order valence-electron chi connectivity index (χ1n) is 5.42. The molecule has 2 aromatic rings. The average molecular weight is 258 g/mol. The van der Waals surface area contributed by atoms with E-state index in [2.05, 4.69) is 5.32 Å². The number of non-ortho nitro benzene ring substituents is 1. The molecule has 0 bridgehead atoms. The Morgan fingerprint density at radius 3 is 2.42 bits per heavy atom. The van der Waals surface area contributed by atoms with Gasteiger partial charge in [-0.1, -0.05) is 18.2 Å². The maximum atomic E-state index is 11.1. The largest absolute Gasteiger partial charge is 0.478 e. The standard InChI is InChI=1S/C13H10N2O4/c16-13(17)11-7-6-10(15(18)19)8-12(11)14-9-4-2-1-3-5-9/h1-8,14H,(H,16,17). The normalized spacial score (nSPS) is 9.89. The Labute approximate surface area is 108 Å². The zero-order chi connectivity index (χ0) is 13.8. The number of carboxylic acid groups (broad SMARTS) is 1. The van der Waals surface area contributed by atoms with Crippen molar-refractivity contribution in [3.05, 3.63) is 64.2 Å². The molecule has 0 saturated carbocycles. The first kappa shape index (κ1) is 12.6. The van der Waals surface area contributed by atoms with Crippen LogP contribution in [0.5, 0.6) is 0 Å².